The Morgan fingerprint density at radius 2 is 2.05 bits per heavy atom. The molecule has 1 rings (SSSR count). The Kier molecular flexibility index (Phi) is 5.64. The number of benzene rings is 1. The van der Waals surface area contributed by atoms with E-state index in [1.807, 2.05) is 13.8 Å². The minimum absolute atomic E-state index is 0.234. The molecule has 0 aliphatic rings. The summed E-state index contributed by atoms with van der Waals surface area (Å²) < 4.78 is 17.9. The predicted molar refractivity (Wildman–Crippen MR) is 73.8 cm³/mol. The highest BCUT2D eigenvalue weighted by atomic mass is 19.1. The lowest BCUT2D eigenvalue weighted by atomic mass is 10.0. The van der Waals surface area contributed by atoms with E-state index in [2.05, 4.69) is 10.1 Å². The molecule has 0 fully saturated rings. The third-order valence-electron chi connectivity index (χ3n) is 2.70. The van der Waals surface area contributed by atoms with Crippen LogP contribution in [0.25, 0.3) is 0 Å². The summed E-state index contributed by atoms with van der Waals surface area (Å²) in [6.07, 6.45) is 0.539. The summed E-state index contributed by atoms with van der Waals surface area (Å²) in [5.74, 6) is -1.60. The van der Waals surface area contributed by atoms with Crippen LogP contribution < -0.4 is 11.1 Å². The molecule has 0 aromatic heterocycles. The molecule has 110 valence electrons. The number of carbonyl (C=O) groups is 2. The van der Waals surface area contributed by atoms with Gasteiger partial charge in [0.05, 0.1) is 18.7 Å². The number of amides is 1. The minimum atomic E-state index is -0.801. The summed E-state index contributed by atoms with van der Waals surface area (Å²) in [7, 11) is 1.16. The fraction of sp³-hybridized carbons (Fsp3) is 0.429. The summed E-state index contributed by atoms with van der Waals surface area (Å²) >= 11 is 0. The van der Waals surface area contributed by atoms with Crippen LogP contribution in [0.2, 0.25) is 0 Å². The lowest BCUT2D eigenvalue weighted by Crippen LogP contribution is -2.36. The molecule has 1 amide bonds. The Hall–Kier alpha value is -1.95. The second-order valence-corrected chi connectivity index (χ2v) is 4.91. The minimum Gasteiger partial charge on any atom is -0.465 e. The highest BCUT2D eigenvalue weighted by Crippen LogP contribution is 2.16. The van der Waals surface area contributed by atoms with Gasteiger partial charge in [-0.05, 0) is 30.5 Å². The molecule has 0 saturated carbocycles. The number of carbonyl (C=O) groups excluding carboxylic acids is 2. The molecule has 0 heterocycles. The smallest absolute Gasteiger partial charge is 0.340 e. The van der Waals surface area contributed by atoms with Gasteiger partial charge in [-0.25, -0.2) is 9.18 Å². The van der Waals surface area contributed by atoms with Gasteiger partial charge in [-0.1, -0.05) is 13.8 Å². The maximum absolute atomic E-state index is 13.4. The highest BCUT2D eigenvalue weighted by Gasteiger charge is 2.17. The van der Waals surface area contributed by atoms with Crippen LogP contribution in [0.4, 0.5) is 10.1 Å². The van der Waals surface area contributed by atoms with E-state index in [1.54, 1.807) is 0 Å². The Bertz CT molecular complexity index is 503. The molecule has 5 nitrogen and oxygen atoms in total. The molecule has 0 radical (unpaired) electrons. The number of ether oxygens (including phenoxy) is 1. The van der Waals surface area contributed by atoms with Crippen LogP contribution >= 0.6 is 0 Å². The molecular weight excluding hydrogens is 263 g/mol. The van der Waals surface area contributed by atoms with Crippen molar-refractivity contribution in [3.63, 3.8) is 0 Å². The molecule has 1 atom stereocenters. The van der Waals surface area contributed by atoms with Crippen molar-refractivity contribution in [2.75, 3.05) is 12.4 Å². The third kappa shape index (κ3) is 4.31. The summed E-state index contributed by atoms with van der Waals surface area (Å²) in [5, 5.41) is 2.56. The van der Waals surface area contributed by atoms with E-state index in [9.17, 15) is 14.0 Å². The number of nitrogens with one attached hydrogen (secondary N) is 1. The average molecular weight is 282 g/mol. The fourth-order valence-electron chi connectivity index (χ4n) is 1.72. The van der Waals surface area contributed by atoms with Crippen LogP contribution in [0, 0.1) is 11.7 Å². The van der Waals surface area contributed by atoms with Gasteiger partial charge in [0.25, 0.3) is 0 Å². The Morgan fingerprint density at radius 3 is 2.60 bits per heavy atom. The Balaban J connectivity index is 2.83. The molecular formula is C14H19FN2O3. The topological polar surface area (TPSA) is 81.4 Å². The van der Waals surface area contributed by atoms with Crippen LogP contribution in [0.3, 0.4) is 0 Å². The first-order valence-corrected chi connectivity index (χ1v) is 6.29. The van der Waals surface area contributed by atoms with Crippen molar-refractivity contribution in [1.82, 2.24) is 0 Å². The Labute approximate surface area is 117 Å². The first kappa shape index (κ1) is 16.1. The quantitative estimate of drug-likeness (QED) is 0.808. The molecule has 1 aromatic carbocycles. The van der Waals surface area contributed by atoms with Gasteiger partial charge in [-0.3, -0.25) is 4.79 Å². The van der Waals surface area contributed by atoms with Gasteiger partial charge in [0, 0.05) is 5.69 Å². The second kappa shape index (κ2) is 7.00. The molecule has 3 N–H and O–H groups in total. The van der Waals surface area contributed by atoms with Gasteiger partial charge < -0.3 is 15.8 Å². The van der Waals surface area contributed by atoms with Crippen LogP contribution in [0.5, 0.6) is 0 Å². The van der Waals surface area contributed by atoms with Gasteiger partial charge in [0.1, 0.15) is 5.82 Å². The van der Waals surface area contributed by atoms with Crippen molar-refractivity contribution < 1.29 is 18.7 Å². The summed E-state index contributed by atoms with van der Waals surface area (Å²) in [4.78, 5) is 23.2. The molecule has 1 aromatic rings. The second-order valence-electron chi connectivity index (χ2n) is 4.91. The molecule has 0 aliphatic heterocycles. The van der Waals surface area contributed by atoms with Crippen molar-refractivity contribution >= 4 is 17.6 Å². The molecule has 0 saturated heterocycles. The van der Waals surface area contributed by atoms with Crippen molar-refractivity contribution in [1.29, 1.82) is 0 Å². The maximum atomic E-state index is 13.4. The van der Waals surface area contributed by atoms with Crippen molar-refractivity contribution in [2.45, 2.75) is 26.3 Å². The van der Waals surface area contributed by atoms with Gasteiger partial charge in [-0.15, -0.1) is 0 Å². The maximum Gasteiger partial charge on any atom is 0.340 e. The van der Waals surface area contributed by atoms with Gasteiger partial charge in [0.15, 0.2) is 0 Å². The first-order chi connectivity index (χ1) is 9.35. The number of methoxy groups -OCH3 is 1. The SMILES string of the molecule is COC(=O)c1cc(NC(=O)[C@@H](N)CC(C)C)ccc1F. The fourth-order valence-corrected chi connectivity index (χ4v) is 1.72. The van der Waals surface area contributed by atoms with Gasteiger partial charge >= 0.3 is 5.97 Å². The molecule has 0 spiro atoms. The number of anilines is 1. The van der Waals surface area contributed by atoms with E-state index >= 15 is 0 Å². The number of esters is 1. The zero-order valence-electron chi connectivity index (χ0n) is 11.8. The molecule has 0 unspecified atom stereocenters. The van der Waals surface area contributed by atoms with Crippen LogP contribution in [-0.2, 0) is 9.53 Å². The van der Waals surface area contributed by atoms with Crippen molar-refractivity contribution in [2.24, 2.45) is 11.7 Å². The van der Waals surface area contributed by atoms with Gasteiger partial charge in [-0.2, -0.15) is 0 Å². The number of nitrogens with two attached hydrogens (primary N) is 1. The number of hydrogen-bond acceptors (Lipinski definition) is 4. The third-order valence-corrected chi connectivity index (χ3v) is 2.70. The standard InChI is InChI=1S/C14H19FN2O3/c1-8(2)6-12(16)13(18)17-9-4-5-11(15)10(7-9)14(19)20-3/h4-5,7-8,12H,6,16H2,1-3H3,(H,17,18)/t12-/m0/s1. The van der Waals surface area contributed by atoms with E-state index in [4.69, 9.17) is 5.73 Å². The summed E-state index contributed by atoms with van der Waals surface area (Å²) in [5.41, 5.74) is 5.81. The lowest BCUT2D eigenvalue weighted by Gasteiger charge is -2.14. The normalized spacial score (nSPS) is 12.1. The van der Waals surface area contributed by atoms with Crippen molar-refractivity contribution in [3.8, 4) is 0 Å². The highest BCUT2D eigenvalue weighted by molar-refractivity contribution is 5.96. The zero-order valence-corrected chi connectivity index (χ0v) is 11.8. The molecule has 0 bridgehead atoms. The summed E-state index contributed by atoms with van der Waals surface area (Å²) in [6, 6.07) is 3.03. The average Bonchev–Trinajstić information content (AvgIpc) is 2.39. The van der Waals surface area contributed by atoms with Gasteiger partial charge in [0.2, 0.25) is 5.91 Å². The lowest BCUT2D eigenvalue weighted by molar-refractivity contribution is -0.117. The van der Waals surface area contributed by atoms with Crippen LogP contribution in [-0.4, -0.2) is 25.0 Å². The Morgan fingerprint density at radius 1 is 1.40 bits per heavy atom. The van der Waals surface area contributed by atoms with E-state index in [-0.39, 0.29) is 17.4 Å². The first-order valence-electron chi connectivity index (χ1n) is 6.29. The van der Waals surface area contributed by atoms with E-state index in [0.717, 1.165) is 13.2 Å². The molecule has 20 heavy (non-hydrogen) atoms. The van der Waals surface area contributed by atoms with E-state index in [0.29, 0.717) is 12.1 Å². The van der Waals surface area contributed by atoms with E-state index in [1.165, 1.54) is 12.1 Å². The molecule has 6 heteroatoms. The zero-order chi connectivity index (χ0) is 15.3. The number of halogens is 1. The monoisotopic (exact) mass is 282 g/mol. The number of hydrogen-bond donors (Lipinski definition) is 2. The predicted octanol–water partition coefficient (Wildman–Crippen LogP) is 1.92. The summed E-state index contributed by atoms with van der Waals surface area (Å²) in [6.45, 7) is 3.92. The largest absolute Gasteiger partial charge is 0.465 e. The van der Waals surface area contributed by atoms with E-state index < -0.39 is 17.8 Å². The molecule has 0 aliphatic carbocycles. The number of rotatable bonds is 5. The van der Waals surface area contributed by atoms with Crippen LogP contribution in [0.1, 0.15) is 30.6 Å². The van der Waals surface area contributed by atoms with Crippen molar-refractivity contribution in [3.05, 3.63) is 29.6 Å². The van der Waals surface area contributed by atoms with Crippen LogP contribution in [0.15, 0.2) is 18.2 Å².